The van der Waals surface area contributed by atoms with Crippen molar-refractivity contribution in [2.45, 2.75) is 11.8 Å². The number of anilines is 1. The van der Waals surface area contributed by atoms with Crippen LogP contribution in [0.15, 0.2) is 58.8 Å². The van der Waals surface area contributed by atoms with Gasteiger partial charge in [-0.25, -0.2) is 21.1 Å². The normalized spacial score (nSPS) is 12.6. The number of aryl methyl sites for hydroxylation is 1. The first-order chi connectivity index (χ1) is 11.6. The molecule has 0 aliphatic carbocycles. The zero-order chi connectivity index (χ0) is 18.7. The summed E-state index contributed by atoms with van der Waals surface area (Å²) in [5, 5.41) is 1.05. The third-order valence-electron chi connectivity index (χ3n) is 3.48. The molecule has 0 saturated heterocycles. The Balaban J connectivity index is 2.32. The van der Waals surface area contributed by atoms with Crippen LogP contribution in [0.25, 0.3) is 6.08 Å². The lowest BCUT2D eigenvalue weighted by molar-refractivity contribution is 0.520. The van der Waals surface area contributed by atoms with Gasteiger partial charge in [0, 0.05) is 14.1 Å². The van der Waals surface area contributed by atoms with E-state index >= 15 is 0 Å². The molecule has 2 aromatic carbocycles. The predicted octanol–water partition coefficient (Wildman–Crippen LogP) is 2.66. The summed E-state index contributed by atoms with van der Waals surface area (Å²) in [4.78, 5) is 0.0211. The molecular formula is C17H20N2O4S2. The number of nitrogens with zero attached hydrogens (tertiary/aromatic N) is 1. The monoisotopic (exact) mass is 380 g/mol. The van der Waals surface area contributed by atoms with Crippen molar-refractivity contribution in [1.29, 1.82) is 0 Å². The third-order valence-corrected chi connectivity index (χ3v) is 6.29. The predicted molar refractivity (Wildman–Crippen MR) is 100 cm³/mol. The van der Waals surface area contributed by atoms with Crippen LogP contribution in [-0.4, -0.2) is 35.2 Å². The van der Waals surface area contributed by atoms with E-state index in [0.717, 1.165) is 15.3 Å². The number of nitrogens with one attached hydrogen (secondary N) is 1. The molecule has 2 aromatic rings. The van der Waals surface area contributed by atoms with Gasteiger partial charge in [-0.15, -0.1) is 0 Å². The molecule has 0 heterocycles. The molecule has 0 unspecified atom stereocenters. The second kappa shape index (κ2) is 7.38. The maximum atomic E-state index is 12.3. The van der Waals surface area contributed by atoms with E-state index in [9.17, 15) is 16.8 Å². The van der Waals surface area contributed by atoms with Crippen LogP contribution in [-0.2, 0) is 20.0 Å². The Kier molecular flexibility index (Phi) is 5.66. The van der Waals surface area contributed by atoms with E-state index < -0.39 is 20.0 Å². The van der Waals surface area contributed by atoms with E-state index in [0.29, 0.717) is 5.56 Å². The van der Waals surface area contributed by atoms with Crippen LogP contribution in [0.1, 0.15) is 11.1 Å². The second-order valence-electron chi connectivity index (χ2n) is 5.62. The number of rotatable bonds is 6. The summed E-state index contributed by atoms with van der Waals surface area (Å²) >= 11 is 0. The average molecular weight is 380 g/mol. The van der Waals surface area contributed by atoms with Gasteiger partial charge in [-0.3, -0.25) is 4.72 Å². The van der Waals surface area contributed by atoms with Gasteiger partial charge in [0.25, 0.3) is 10.0 Å². The minimum atomic E-state index is -3.78. The summed E-state index contributed by atoms with van der Waals surface area (Å²) in [6.45, 7) is 1.70. The summed E-state index contributed by atoms with van der Waals surface area (Å²) in [7, 11) is -4.59. The summed E-state index contributed by atoms with van der Waals surface area (Å²) in [6, 6.07) is 13.3. The fourth-order valence-electron chi connectivity index (χ4n) is 2.00. The number of sulfonamides is 2. The molecule has 0 aliphatic rings. The lowest BCUT2D eigenvalue weighted by atomic mass is 10.2. The molecule has 8 heteroatoms. The molecule has 0 spiro atoms. The van der Waals surface area contributed by atoms with Gasteiger partial charge >= 0.3 is 0 Å². The van der Waals surface area contributed by atoms with Gasteiger partial charge in [-0.05, 0) is 36.3 Å². The van der Waals surface area contributed by atoms with Gasteiger partial charge in [-0.2, -0.15) is 0 Å². The molecule has 0 aromatic heterocycles. The molecule has 6 nitrogen and oxygen atoms in total. The van der Waals surface area contributed by atoms with Crippen LogP contribution in [0.4, 0.5) is 5.69 Å². The van der Waals surface area contributed by atoms with Gasteiger partial charge in [0.05, 0.1) is 16.0 Å². The smallest absolute Gasteiger partial charge is 0.255 e. The van der Waals surface area contributed by atoms with Crippen molar-refractivity contribution in [3.63, 3.8) is 0 Å². The first-order valence-corrected chi connectivity index (χ1v) is 10.4. The fourth-order valence-corrected chi connectivity index (χ4v) is 3.86. The van der Waals surface area contributed by atoms with E-state index in [1.54, 1.807) is 37.3 Å². The van der Waals surface area contributed by atoms with E-state index in [-0.39, 0.29) is 10.6 Å². The van der Waals surface area contributed by atoms with Gasteiger partial charge in [0.1, 0.15) is 0 Å². The minimum absolute atomic E-state index is 0.0211. The Labute approximate surface area is 148 Å². The topological polar surface area (TPSA) is 83.6 Å². The first-order valence-electron chi connectivity index (χ1n) is 7.41. The van der Waals surface area contributed by atoms with E-state index in [1.807, 2.05) is 6.07 Å². The van der Waals surface area contributed by atoms with Crippen LogP contribution < -0.4 is 4.72 Å². The van der Waals surface area contributed by atoms with E-state index in [1.165, 1.54) is 32.3 Å². The highest BCUT2D eigenvalue weighted by Crippen LogP contribution is 2.23. The number of benzene rings is 2. The van der Waals surface area contributed by atoms with Gasteiger partial charge in [0.15, 0.2) is 0 Å². The van der Waals surface area contributed by atoms with E-state index in [4.69, 9.17) is 0 Å². The van der Waals surface area contributed by atoms with Crippen molar-refractivity contribution >= 4 is 31.8 Å². The molecule has 0 saturated carbocycles. The highest BCUT2D eigenvalue weighted by atomic mass is 32.2. The van der Waals surface area contributed by atoms with Crippen molar-refractivity contribution in [2.75, 3.05) is 18.8 Å². The molecule has 0 radical (unpaired) electrons. The summed E-state index contributed by atoms with van der Waals surface area (Å²) in [5.41, 5.74) is 1.59. The number of hydrogen-bond donors (Lipinski definition) is 1. The summed E-state index contributed by atoms with van der Waals surface area (Å²) in [5.74, 6) is 0. The Morgan fingerprint density at radius 1 is 0.960 bits per heavy atom. The zero-order valence-corrected chi connectivity index (χ0v) is 15.8. The largest absolute Gasteiger partial charge is 0.280 e. The zero-order valence-electron chi connectivity index (χ0n) is 14.2. The van der Waals surface area contributed by atoms with Gasteiger partial charge in [0.2, 0.25) is 10.0 Å². The molecule has 0 fully saturated rings. The van der Waals surface area contributed by atoms with Crippen molar-refractivity contribution < 1.29 is 16.8 Å². The number of hydrogen-bond acceptors (Lipinski definition) is 4. The Morgan fingerprint density at radius 2 is 1.60 bits per heavy atom. The molecule has 1 N–H and O–H groups in total. The average Bonchev–Trinajstić information content (AvgIpc) is 2.55. The van der Waals surface area contributed by atoms with Crippen molar-refractivity contribution in [2.24, 2.45) is 0 Å². The highest BCUT2D eigenvalue weighted by molar-refractivity contribution is 7.95. The molecule has 0 atom stereocenters. The fraction of sp³-hybridized carbons (Fsp3) is 0.176. The van der Waals surface area contributed by atoms with Crippen LogP contribution in [0.2, 0.25) is 0 Å². The highest BCUT2D eigenvalue weighted by Gasteiger charge is 2.19. The third kappa shape index (κ3) is 4.91. The second-order valence-corrected chi connectivity index (χ2v) is 9.34. The van der Waals surface area contributed by atoms with Crippen LogP contribution in [0, 0.1) is 6.92 Å². The molecule has 134 valence electrons. The molecule has 0 bridgehead atoms. The standard InChI is InChI=1S/C17H20N2O4S2/c1-14-9-10-16(25(22,23)19(2)3)13-17(14)18-24(20,21)12-11-15-7-5-4-6-8-15/h4-13,18H,1-3H3/b12-11+. The van der Waals surface area contributed by atoms with E-state index in [2.05, 4.69) is 4.72 Å². The Morgan fingerprint density at radius 3 is 2.20 bits per heavy atom. The van der Waals surface area contributed by atoms with Crippen molar-refractivity contribution in [3.05, 3.63) is 65.1 Å². The quantitative estimate of drug-likeness (QED) is 0.835. The first kappa shape index (κ1) is 19.2. The summed E-state index contributed by atoms with van der Waals surface area (Å²) < 4.78 is 52.4. The van der Waals surface area contributed by atoms with Crippen molar-refractivity contribution in [3.8, 4) is 0 Å². The Bertz CT molecular complexity index is 981. The molecular weight excluding hydrogens is 360 g/mol. The maximum Gasteiger partial charge on any atom is 0.255 e. The lowest BCUT2D eigenvalue weighted by Gasteiger charge is -2.14. The maximum absolute atomic E-state index is 12.3. The van der Waals surface area contributed by atoms with Crippen LogP contribution in [0.3, 0.4) is 0 Å². The Hall–Kier alpha value is -2.16. The molecule has 25 heavy (non-hydrogen) atoms. The van der Waals surface area contributed by atoms with Crippen molar-refractivity contribution in [1.82, 2.24) is 4.31 Å². The molecule has 2 rings (SSSR count). The SMILES string of the molecule is Cc1ccc(S(=O)(=O)N(C)C)cc1NS(=O)(=O)/C=C/c1ccccc1. The minimum Gasteiger partial charge on any atom is -0.280 e. The van der Waals surface area contributed by atoms with Gasteiger partial charge in [-0.1, -0.05) is 36.4 Å². The summed E-state index contributed by atoms with van der Waals surface area (Å²) in [6.07, 6.45) is 1.47. The lowest BCUT2D eigenvalue weighted by Crippen LogP contribution is -2.22. The van der Waals surface area contributed by atoms with Crippen LogP contribution in [0.5, 0.6) is 0 Å². The molecule has 0 aliphatic heterocycles. The molecule has 0 amide bonds. The van der Waals surface area contributed by atoms with Gasteiger partial charge < -0.3 is 0 Å². The van der Waals surface area contributed by atoms with Crippen LogP contribution >= 0.6 is 0 Å².